The molecule has 0 spiro atoms. The van der Waals surface area contributed by atoms with Crippen LogP contribution in [0.5, 0.6) is 0 Å². The molecule has 2 saturated heterocycles. The highest BCUT2D eigenvalue weighted by Gasteiger charge is 2.46. The first-order valence-electron chi connectivity index (χ1n) is 9.33. The number of imide groups is 1. The smallest absolute Gasteiger partial charge is 0.292 e. The molecular weight excluding hydrogens is 345 g/mol. The van der Waals surface area contributed by atoms with E-state index in [1.54, 1.807) is 12.1 Å². The second-order valence-corrected chi connectivity index (χ2v) is 7.21. The van der Waals surface area contributed by atoms with Crippen LogP contribution in [-0.4, -0.2) is 44.0 Å². The Morgan fingerprint density at radius 1 is 0.963 bits per heavy atom. The van der Waals surface area contributed by atoms with Crippen molar-refractivity contribution in [1.82, 2.24) is 0 Å². The number of carbonyl (C=O) groups is 2. The molecule has 2 fully saturated rings. The molecule has 0 bridgehead atoms. The van der Waals surface area contributed by atoms with Crippen molar-refractivity contribution in [1.29, 1.82) is 0 Å². The second kappa shape index (κ2) is 7.12. The van der Waals surface area contributed by atoms with Gasteiger partial charge >= 0.3 is 0 Å². The van der Waals surface area contributed by atoms with Gasteiger partial charge in [0.25, 0.3) is 5.91 Å². The van der Waals surface area contributed by atoms with Crippen LogP contribution in [0, 0.1) is 12.7 Å². The molecule has 1 atom stereocenters. The van der Waals surface area contributed by atoms with Crippen molar-refractivity contribution in [3.63, 3.8) is 0 Å². The number of benzene rings is 2. The summed E-state index contributed by atoms with van der Waals surface area (Å²) in [6, 6.07) is 13.9. The van der Waals surface area contributed by atoms with Crippen molar-refractivity contribution in [2.24, 2.45) is 0 Å². The number of para-hydroxylation sites is 2. The van der Waals surface area contributed by atoms with Crippen molar-refractivity contribution >= 4 is 23.2 Å². The van der Waals surface area contributed by atoms with E-state index in [0.717, 1.165) is 10.5 Å². The van der Waals surface area contributed by atoms with Gasteiger partial charge < -0.3 is 9.80 Å². The zero-order valence-electron chi connectivity index (χ0n) is 15.3. The molecule has 6 heteroatoms. The third kappa shape index (κ3) is 3.21. The van der Waals surface area contributed by atoms with Crippen LogP contribution >= 0.6 is 0 Å². The fourth-order valence-electron chi connectivity index (χ4n) is 4.11. The number of nitrogens with one attached hydrogen (secondary N) is 1. The molecule has 2 aliphatic rings. The normalized spacial score (nSPS) is 21.2. The minimum Gasteiger partial charge on any atom is -0.358 e. The van der Waals surface area contributed by atoms with Gasteiger partial charge in [-0.3, -0.25) is 9.59 Å². The summed E-state index contributed by atoms with van der Waals surface area (Å²) < 4.78 is 14.0. The summed E-state index contributed by atoms with van der Waals surface area (Å²) in [6.07, 6.45) is 0.238. The Bertz CT molecular complexity index is 877. The monoisotopic (exact) mass is 368 g/mol. The maximum absolute atomic E-state index is 14.0. The molecule has 2 aliphatic heterocycles. The highest BCUT2D eigenvalue weighted by Crippen LogP contribution is 2.25. The van der Waals surface area contributed by atoms with Crippen molar-refractivity contribution in [2.45, 2.75) is 19.4 Å². The molecule has 0 saturated carbocycles. The van der Waals surface area contributed by atoms with Crippen LogP contribution in [0.15, 0.2) is 48.5 Å². The lowest BCUT2D eigenvalue weighted by molar-refractivity contribution is -0.915. The summed E-state index contributed by atoms with van der Waals surface area (Å²) in [7, 11) is 0. The number of anilines is 2. The number of carbonyl (C=O) groups excluding carboxylic acids is 2. The minimum absolute atomic E-state index is 0.122. The minimum atomic E-state index is -0.347. The van der Waals surface area contributed by atoms with Gasteiger partial charge in [-0.1, -0.05) is 30.3 Å². The summed E-state index contributed by atoms with van der Waals surface area (Å²) in [4.78, 5) is 30.0. The molecule has 5 nitrogen and oxygen atoms in total. The van der Waals surface area contributed by atoms with Gasteiger partial charge in [-0.2, -0.15) is 0 Å². The number of amides is 2. The molecule has 0 unspecified atom stereocenters. The van der Waals surface area contributed by atoms with Crippen LogP contribution in [-0.2, 0) is 9.59 Å². The number of aryl methyl sites for hydroxylation is 1. The van der Waals surface area contributed by atoms with Gasteiger partial charge in [0.1, 0.15) is 5.82 Å². The summed E-state index contributed by atoms with van der Waals surface area (Å²) in [5.41, 5.74) is 2.20. The van der Waals surface area contributed by atoms with Gasteiger partial charge in [0.05, 0.1) is 44.0 Å². The van der Waals surface area contributed by atoms with Gasteiger partial charge in [-0.15, -0.1) is 0 Å². The van der Waals surface area contributed by atoms with E-state index in [4.69, 9.17) is 0 Å². The molecule has 2 aromatic carbocycles. The summed E-state index contributed by atoms with van der Waals surface area (Å²) in [6.45, 7) is 4.65. The molecule has 0 radical (unpaired) electrons. The van der Waals surface area contributed by atoms with Gasteiger partial charge in [0, 0.05) is 0 Å². The SMILES string of the molecule is Cc1ccccc1N1C(=O)C[C@@H]([NH+]2CCN(c3ccccc3F)CC2)C1=O. The fourth-order valence-corrected chi connectivity index (χ4v) is 4.11. The first-order valence-corrected chi connectivity index (χ1v) is 9.33. The number of rotatable bonds is 3. The topological polar surface area (TPSA) is 45.1 Å². The Morgan fingerprint density at radius 2 is 1.59 bits per heavy atom. The van der Waals surface area contributed by atoms with Gasteiger partial charge in [0.15, 0.2) is 6.04 Å². The molecule has 27 heavy (non-hydrogen) atoms. The first kappa shape index (κ1) is 17.7. The number of hydrogen-bond acceptors (Lipinski definition) is 3. The third-order valence-electron chi connectivity index (χ3n) is 5.59. The Balaban J connectivity index is 1.46. The van der Waals surface area contributed by atoms with E-state index in [1.165, 1.54) is 11.0 Å². The maximum atomic E-state index is 14.0. The van der Waals surface area contributed by atoms with Crippen LogP contribution < -0.4 is 14.7 Å². The summed E-state index contributed by atoms with van der Waals surface area (Å²) >= 11 is 0. The summed E-state index contributed by atoms with van der Waals surface area (Å²) in [5, 5.41) is 0. The van der Waals surface area contributed by atoms with Crippen molar-refractivity contribution in [3.05, 3.63) is 59.9 Å². The lowest BCUT2D eigenvalue weighted by atomic mass is 10.1. The Hall–Kier alpha value is -2.73. The predicted octanol–water partition coefficient (Wildman–Crippen LogP) is 1.17. The Morgan fingerprint density at radius 3 is 2.26 bits per heavy atom. The highest BCUT2D eigenvalue weighted by atomic mass is 19.1. The number of halogens is 1. The lowest BCUT2D eigenvalue weighted by Crippen LogP contribution is -3.19. The Labute approximate surface area is 158 Å². The van der Waals surface area contributed by atoms with Crippen molar-refractivity contribution in [3.8, 4) is 0 Å². The predicted molar refractivity (Wildman–Crippen MR) is 101 cm³/mol. The standard InChI is InChI=1S/C21H22FN3O2/c1-15-6-2-4-8-17(15)25-20(26)14-19(21(25)27)24-12-10-23(11-13-24)18-9-5-3-7-16(18)22/h2-9,19H,10-14H2,1H3/p+1/t19-/m1/s1. The van der Waals surface area contributed by atoms with Gasteiger partial charge in [-0.05, 0) is 30.7 Å². The number of hydrogen-bond donors (Lipinski definition) is 1. The van der Waals surface area contributed by atoms with Crippen LogP contribution in [0.2, 0.25) is 0 Å². The zero-order chi connectivity index (χ0) is 19.0. The number of piperazine rings is 1. The van der Waals surface area contributed by atoms with Crippen LogP contribution in [0.3, 0.4) is 0 Å². The quantitative estimate of drug-likeness (QED) is 0.828. The van der Waals surface area contributed by atoms with E-state index in [-0.39, 0.29) is 30.1 Å². The molecule has 140 valence electrons. The third-order valence-corrected chi connectivity index (χ3v) is 5.59. The first-order chi connectivity index (χ1) is 13.1. The van der Waals surface area contributed by atoms with Crippen molar-refractivity contribution in [2.75, 3.05) is 36.0 Å². The molecule has 0 aromatic heterocycles. The maximum Gasteiger partial charge on any atom is 0.292 e. The second-order valence-electron chi connectivity index (χ2n) is 7.21. The van der Waals surface area contributed by atoms with E-state index in [2.05, 4.69) is 0 Å². The van der Waals surface area contributed by atoms with Crippen LogP contribution in [0.25, 0.3) is 0 Å². The molecule has 2 amide bonds. The average Bonchev–Trinajstić information content (AvgIpc) is 2.97. The number of quaternary nitrogens is 1. The van der Waals surface area contributed by atoms with Gasteiger partial charge in [-0.25, -0.2) is 9.29 Å². The van der Waals surface area contributed by atoms with Crippen LogP contribution in [0.4, 0.5) is 15.8 Å². The molecular formula is C21H23FN3O2+. The van der Waals surface area contributed by atoms with E-state index in [1.807, 2.05) is 42.2 Å². The van der Waals surface area contributed by atoms with E-state index in [0.29, 0.717) is 37.6 Å². The molecule has 1 N–H and O–H groups in total. The molecule has 2 heterocycles. The highest BCUT2D eigenvalue weighted by molar-refractivity contribution is 6.22. The molecule has 4 rings (SSSR count). The van der Waals surface area contributed by atoms with Crippen molar-refractivity contribution < 1.29 is 18.9 Å². The summed E-state index contributed by atoms with van der Waals surface area (Å²) in [5.74, 6) is -0.481. The van der Waals surface area contributed by atoms with Crippen LogP contribution in [0.1, 0.15) is 12.0 Å². The number of nitrogens with zero attached hydrogens (tertiary/aromatic N) is 2. The fraction of sp³-hybridized carbons (Fsp3) is 0.333. The average molecular weight is 368 g/mol. The lowest BCUT2D eigenvalue weighted by Gasteiger charge is -2.35. The van der Waals surface area contributed by atoms with E-state index >= 15 is 0 Å². The van der Waals surface area contributed by atoms with E-state index < -0.39 is 0 Å². The van der Waals surface area contributed by atoms with E-state index in [9.17, 15) is 14.0 Å². The Kier molecular flexibility index (Phi) is 4.66. The van der Waals surface area contributed by atoms with Gasteiger partial charge in [0.2, 0.25) is 5.91 Å². The molecule has 0 aliphatic carbocycles. The zero-order valence-corrected chi connectivity index (χ0v) is 15.3. The largest absolute Gasteiger partial charge is 0.358 e. The molecule has 2 aromatic rings.